The van der Waals surface area contributed by atoms with Gasteiger partial charge in [-0.25, -0.2) is 0 Å². The highest BCUT2D eigenvalue weighted by Crippen LogP contribution is 2.27. The normalized spacial score (nSPS) is 23.0. The van der Waals surface area contributed by atoms with E-state index >= 15 is 0 Å². The molecule has 1 aliphatic carbocycles. The minimum atomic E-state index is -0.367. The van der Waals surface area contributed by atoms with Crippen LogP contribution in [0.1, 0.15) is 57.6 Å². The molecular formula is C19H31ClN2O2. The fourth-order valence-corrected chi connectivity index (χ4v) is 3.22. The Hall–Kier alpha value is -1.10. The van der Waals surface area contributed by atoms with E-state index in [1.54, 1.807) is 0 Å². The van der Waals surface area contributed by atoms with Gasteiger partial charge in [-0.15, -0.1) is 12.4 Å². The molecule has 0 aromatic heterocycles. The van der Waals surface area contributed by atoms with Gasteiger partial charge < -0.3 is 15.8 Å². The van der Waals surface area contributed by atoms with E-state index < -0.39 is 0 Å². The maximum atomic E-state index is 12.4. The quantitative estimate of drug-likeness (QED) is 0.786. The van der Waals surface area contributed by atoms with Crippen molar-refractivity contribution in [2.24, 2.45) is 11.7 Å². The predicted octanol–water partition coefficient (Wildman–Crippen LogP) is 3.60. The highest BCUT2D eigenvalue weighted by molar-refractivity contribution is 5.85. The van der Waals surface area contributed by atoms with Crippen molar-refractivity contribution in [1.82, 2.24) is 5.32 Å². The number of hydrogen-bond donors (Lipinski definition) is 2. The number of benzene rings is 1. The van der Waals surface area contributed by atoms with Crippen LogP contribution in [0.15, 0.2) is 30.3 Å². The highest BCUT2D eigenvalue weighted by Gasteiger charge is 2.25. The van der Waals surface area contributed by atoms with Crippen molar-refractivity contribution in [3.8, 4) is 0 Å². The molecule has 1 amide bonds. The van der Waals surface area contributed by atoms with Gasteiger partial charge in [0.2, 0.25) is 5.91 Å². The average Bonchev–Trinajstić information content (AvgIpc) is 2.58. The molecule has 4 unspecified atom stereocenters. The Morgan fingerprint density at radius 2 is 2.04 bits per heavy atom. The van der Waals surface area contributed by atoms with Crippen LogP contribution in [0.3, 0.4) is 0 Å². The maximum Gasteiger partial charge on any atom is 0.249 e. The third-order valence-electron chi connectivity index (χ3n) is 4.63. The summed E-state index contributed by atoms with van der Waals surface area (Å²) in [4.78, 5) is 12.4. The van der Waals surface area contributed by atoms with E-state index in [2.05, 4.69) is 12.2 Å². The lowest BCUT2D eigenvalue weighted by atomic mass is 9.88. The number of carbonyl (C=O) groups is 1. The van der Waals surface area contributed by atoms with Crippen LogP contribution >= 0.6 is 12.4 Å². The SMILES string of the molecule is CCC(OC1CCCC(C)C1)C(=O)NCC(N)c1ccccc1.Cl. The Kier molecular flexibility index (Phi) is 9.34. The van der Waals surface area contributed by atoms with E-state index in [9.17, 15) is 4.79 Å². The molecule has 0 aliphatic heterocycles. The molecule has 0 spiro atoms. The molecule has 0 radical (unpaired) electrons. The number of halogens is 1. The van der Waals surface area contributed by atoms with Crippen LogP contribution < -0.4 is 11.1 Å². The summed E-state index contributed by atoms with van der Waals surface area (Å²) >= 11 is 0. The summed E-state index contributed by atoms with van der Waals surface area (Å²) in [5.41, 5.74) is 7.16. The Morgan fingerprint density at radius 1 is 1.33 bits per heavy atom. The van der Waals surface area contributed by atoms with Crippen LogP contribution in [0.4, 0.5) is 0 Å². The average molecular weight is 355 g/mol. The van der Waals surface area contributed by atoms with Crippen molar-refractivity contribution < 1.29 is 9.53 Å². The molecule has 1 saturated carbocycles. The van der Waals surface area contributed by atoms with Crippen LogP contribution in [-0.2, 0) is 9.53 Å². The van der Waals surface area contributed by atoms with Crippen molar-refractivity contribution in [2.45, 2.75) is 64.2 Å². The first-order valence-corrected chi connectivity index (χ1v) is 8.83. The summed E-state index contributed by atoms with van der Waals surface area (Å²) in [6, 6.07) is 9.65. The summed E-state index contributed by atoms with van der Waals surface area (Å²) in [7, 11) is 0. The summed E-state index contributed by atoms with van der Waals surface area (Å²) in [5, 5.41) is 2.94. The summed E-state index contributed by atoms with van der Waals surface area (Å²) in [6.45, 7) is 4.69. The van der Waals surface area contributed by atoms with Crippen molar-refractivity contribution in [3.63, 3.8) is 0 Å². The van der Waals surface area contributed by atoms with Crippen LogP contribution in [-0.4, -0.2) is 24.7 Å². The molecule has 136 valence electrons. The third kappa shape index (κ3) is 6.42. The fraction of sp³-hybridized carbons (Fsp3) is 0.632. The molecule has 0 heterocycles. The molecule has 1 aromatic rings. The molecule has 0 bridgehead atoms. The molecule has 1 aromatic carbocycles. The lowest BCUT2D eigenvalue weighted by Crippen LogP contribution is -2.41. The van der Waals surface area contributed by atoms with Crippen LogP contribution in [0.2, 0.25) is 0 Å². The number of amides is 1. The number of nitrogens with two attached hydrogens (primary N) is 1. The second kappa shape index (κ2) is 10.7. The summed E-state index contributed by atoms with van der Waals surface area (Å²) < 4.78 is 6.06. The Labute approximate surface area is 151 Å². The van der Waals surface area contributed by atoms with Gasteiger partial charge in [0.05, 0.1) is 6.10 Å². The molecule has 1 fully saturated rings. The van der Waals surface area contributed by atoms with E-state index in [0.29, 0.717) is 18.9 Å². The van der Waals surface area contributed by atoms with E-state index in [4.69, 9.17) is 10.5 Å². The molecule has 1 aliphatic rings. The second-order valence-electron chi connectivity index (χ2n) is 6.69. The lowest BCUT2D eigenvalue weighted by Gasteiger charge is -2.30. The van der Waals surface area contributed by atoms with Crippen LogP contribution in [0.25, 0.3) is 0 Å². The minimum Gasteiger partial charge on any atom is -0.365 e. The van der Waals surface area contributed by atoms with Gasteiger partial charge >= 0.3 is 0 Å². The van der Waals surface area contributed by atoms with Crippen LogP contribution in [0.5, 0.6) is 0 Å². The molecular weight excluding hydrogens is 324 g/mol. The van der Waals surface area contributed by atoms with E-state index in [-0.39, 0.29) is 36.6 Å². The zero-order valence-corrected chi connectivity index (χ0v) is 15.6. The van der Waals surface area contributed by atoms with Gasteiger partial charge in [0.15, 0.2) is 0 Å². The Morgan fingerprint density at radius 3 is 2.67 bits per heavy atom. The molecule has 24 heavy (non-hydrogen) atoms. The molecule has 2 rings (SSSR count). The number of carbonyl (C=O) groups excluding carboxylic acids is 1. The number of nitrogens with one attached hydrogen (secondary N) is 1. The van der Waals surface area contributed by atoms with E-state index in [1.165, 1.54) is 12.8 Å². The maximum absolute atomic E-state index is 12.4. The highest BCUT2D eigenvalue weighted by atomic mass is 35.5. The smallest absolute Gasteiger partial charge is 0.249 e. The fourth-order valence-electron chi connectivity index (χ4n) is 3.22. The number of hydrogen-bond acceptors (Lipinski definition) is 3. The van der Waals surface area contributed by atoms with Gasteiger partial charge in [0.25, 0.3) is 0 Å². The minimum absolute atomic E-state index is 0. The van der Waals surface area contributed by atoms with Crippen LogP contribution in [0, 0.1) is 5.92 Å². The van der Waals surface area contributed by atoms with Crippen molar-refractivity contribution in [3.05, 3.63) is 35.9 Å². The topological polar surface area (TPSA) is 64.3 Å². The van der Waals surface area contributed by atoms with Gasteiger partial charge in [-0.1, -0.05) is 57.0 Å². The van der Waals surface area contributed by atoms with Crippen molar-refractivity contribution in [2.75, 3.05) is 6.54 Å². The molecule has 3 N–H and O–H groups in total. The third-order valence-corrected chi connectivity index (χ3v) is 4.63. The van der Waals surface area contributed by atoms with Gasteiger partial charge in [-0.05, 0) is 30.7 Å². The molecule has 5 heteroatoms. The zero-order valence-electron chi connectivity index (χ0n) is 14.7. The first-order valence-electron chi connectivity index (χ1n) is 8.83. The van der Waals surface area contributed by atoms with E-state index in [0.717, 1.165) is 18.4 Å². The Balaban J connectivity index is 0.00000288. The second-order valence-corrected chi connectivity index (χ2v) is 6.69. The monoisotopic (exact) mass is 354 g/mol. The largest absolute Gasteiger partial charge is 0.365 e. The predicted molar refractivity (Wildman–Crippen MR) is 100 cm³/mol. The van der Waals surface area contributed by atoms with Gasteiger partial charge in [-0.3, -0.25) is 4.79 Å². The first-order chi connectivity index (χ1) is 11.1. The molecule has 4 atom stereocenters. The summed E-state index contributed by atoms with van der Waals surface area (Å²) in [6.07, 6.45) is 5.14. The lowest BCUT2D eigenvalue weighted by molar-refractivity contribution is -0.139. The summed E-state index contributed by atoms with van der Waals surface area (Å²) in [5.74, 6) is 0.651. The Bertz CT molecular complexity index is 484. The van der Waals surface area contributed by atoms with Crippen molar-refractivity contribution in [1.29, 1.82) is 0 Å². The molecule has 0 saturated heterocycles. The van der Waals surface area contributed by atoms with Gasteiger partial charge in [-0.2, -0.15) is 0 Å². The first kappa shape index (κ1) is 20.9. The van der Waals surface area contributed by atoms with Gasteiger partial charge in [0.1, 0.15) is 6.10 Å². The molecule has 4 nitrogen and oxygen atoms in total. The van der Waals surface area contributed by atoms with Gasteiger partial charge in [0, 0.05) is 12.6 Å². The zero-order chi connectivity index (χ0) is 16.7. The van der Waals surface area contributed by atoms with Crippen molar-refractivity contribution >= 4 is 18.3 Å². The van der Waals surface area contributed by atoms with E-state index in [1.807, 2.05) is 37.3 Å². The number of rotatable bonds is 7. The standard InChI is InChI=1S/C19H30N2O2.ClH/c1-3-18(23-16-11-7-8-14(2)12-16)19(22)21-13-17(20)15-9-5-4-6-10-15;/h4-6,9-10,14,16-18H,3,7-8,11-13,20H2,1-2H3,(H,21,22);1H. The number of ether oxygens (including phenoxy) is 1.